The first-order valence-electron chi connectivity index (χ1n) is 5.54. The van der Waals surface area contributed by atoms with Crippen molar-refractivity contribution in [3.05, 3.63) is 57.6 Å². The third kappa shape index (κ3) is 2.80. The van der Waals surface area contributed by atoms with Crippen LogP contribution in [0.1, 0.15) is 16.7 Å². The smallest absolute Gasteiger partial charge is 0.0289 e. The third-order valence-corrected chi connectivity index (χ3v) is 4.00. The Bertz CT molecular complexity index is 545. The second-order valence-corrected chi connectivity index (χ2v) is 5.73. The Balaban J connectivity index is 2.66. The molecule has 0 aliphatic rings. The zero-order valence-corrected chi connectivity index (χ0v) is 13.1. The SMILES string of the molecule is Cc1ccc(C)c(-c2cc(Br)ccc2CBr)c1. The second kappa shape index (κ2) is 5.36. The van der Waals surface area contributed by atoms with Crippen LogP contribution in [0.5, 0.6) is 0 Å². The van der Waals surface area contributed by atoms with Crippen LogP contribution in [0, 0.1) is 13.8 Å². The molecule has 0 radical (unpaired) electrons. The standard InChI is InChI=1S/C15H14Br2/c1-10-3-4-11(2)14(7-10)15-8-13(17)6-5-12(15)9-16/h3-8H,9H2,1-2H3. The fourth-order valence-corrected chi connectivity index (χ4v) is 2.79. The van der Waals surface area contributed by atoms with Crippen molar-refractivity contribution >= 4 is 31.9 Å². The molecule has 0 fully saturated rings. The Kier molecular flexibility index (Phi) is 4.05. The normalized spacial score (nSPS) is 10.6. The van der Waals surface area contributed by atoms with Gasteiger partial charge in [-0.15, -0.1) is 0 Å². The maximum absolute atomic E-state index is 3.56. The summed E-state index contributed by atoms with van der Waals surface area (Å²) in [6.07, 6.45) is 0. The fourth-order valence-electron chi connectivity index (χ4n) is 1.94. The van der Waals surface area contributed by atoms with Gasteiger partial charge in [0.1, 0.15) is 0 Å². The average molecular weight is 354 g/mol. The molecule has 88 valence electrons. The summed E-state index contributed by atoms with van der Waals surface area (Å²) in [5.41, 5.74) is 6.56. The number of hydrogen-bond donors (Lipinski definition) is 0. The van der Waals surface area contributed by atoms with E-state index >= 15 is 0 Å². The lowest BCUT2D eigenvalue weighted by Crippen LogP contribution is -1.90. The van der Waals surface area contributed by atoms with Crippen molar-refractivity contribution in [2.75, 3.05) is 0 Å². The summed E-state index contributed by atoms with van der Waals surface area (Å²) in [6, 6.07) is 13.0. The lowest BCUT2D eigenvalue weighted by atomic mass is 9.95. The van der Waals surface area contributed by atoms with E-state index in [0.29, 0.717) is 0 Å². The Labute approximate surface area is 119 Å². The van der Waals surface area contributed by atoms with Gasteiger partial charge in [-0.25, -0.2) is 0 Å². The molecular formula is C15H14Br2. The number of rotatable bonds is 2. The quantitative estimate of drug-likeness (QED) is 0.614. The van der Waals surface area contributed by atoms with E-state index in [-0.39, 0.29) is 0 Å². The molecule has 2 heteroatoms. The molecule has 0 N–H and O–H groups in total. The number of alkyl halides is 1. The van der Waals surface area contributed by atoms with Crippen molar-refractivity contribution < 1.29 is 0 Å². The van der Waals surface area contributed by atoms with Crippen molar-refractivity contribution in [2.45, 2.75) is 19.2 Å². The summed E-state index contributed by atoms with van der Waals surface area (Å²) in [7, 11) is 0. The molecule has 0 atom stereocenters. The molecule has 0 saturated carbocycles. The van der Waals surface area contributed by atoms with Crippen LogP contribution < -0.4 is 0 Å². The first-order chi connectivity index (χ1) is 8.11. The third-order valence-electron chi connectivity index (χ3n) is 2.90. The maximum Gasteiger partial charge on any atom is 0.0289 e. The highest BCUT2D eigenvalue weighted by Crippen LogP contribution is 2.31. The van der Waals surface area contributed by atoms with E-state index in [4.69, 9.17) is 0 Å². The van der Waals surface area contributed by atoms with Crippen LogP contribution in [-0.4, -0.2) is 0 Å². The second-order valence-electron chi connectivity index (χ2n) is 4.25. The lowest BCUT2D eigenvalue weighted by molar-refractivity contribution is 1.35. The Morgan fingerprint density at radius 3 is 2.41 bits per heavy atom. The predicted octanol–water partition coefficient (Wildman–Crippen LogP) is 5.63. The van der Waals surface area contributed by atoms with Gasteiger partial charge in [0.15, 0.2) is 0 Å². The van der Waals surface area contributed by atoms with E-state index in [0.717, 1.165) is 9.80 Å². The van der Waals surface area contributed by atoms with Gasteiger partial charge >= 0.3 is 0 Å². The van der Waals surface area contributed by atoms with E-state index < -0.39 is 0 Å². The zero-order valence-electron chi connectivity index (χ0n) is 9.93. The number of benzene rings is 2. The summed E-state index contributed by atoms with van der Waals surface area (Å²) in [5, 5.41) is 0.878. The Morgan fingerprint density at radius 2 is 1.71 bits per heavy atom. The highest BCUT2D eigenvalue weighted by molar-refractivity contribution is 9.10. The van der Waals surface area contributed by atoms with Crippen molar-refractivity contribution in [1.82, 2.24) is 0 Å². The van der Waals surface area contributed by atoms with Crippen molar-refractivity contribution in [3.8, 4) is 11.1 Å². The zero-order chi connectivity index (χ0) is 12.4. The van der Waals surface area contributed by atoms with E-state index in [2.05, 4.69) is 82.1 Å². The van der Waals surface area contributed by atoms with Crippen LogP contribution in [0.25, 0.3) is 11.1 Å². The van der Waals surface area contributed by atoms with Gasteiger partial charge in [-0.3, -0.25) is 0 Å². The van der Waals surface area contributed by atoms with Gasteiger partial charge in [0, 0.05) is 9.80 Å². The minimum absolute atomic E-state index is 0.878. The van der Waals surface area contributed by atoms with Crippen LogP contribution in [0.3, 0.4) is 0 Å². The molecule has 0 amide bonds. The van der Waals surface area contributed by atoms with Gasteiger partial charge < -0.3 is 0 Å². The van der Waals surface area contributed by atoms with Crippen molar-refractivity contribution in [1.29, 1.82) is 0 Å². The highest BCUT2D eigenvalue weighted by atomic mass is 79.9. The van der Waals surface area contributed by atoms with Gasteiger partial charge in [0.2, 0.25) is 0 Å². The number of hydrogen-bond acceptors (Lipinski definition) is 0. The molecule has 0 spiro atoms. The molecule has 0 aliphatic heterocycles. The van der Waals surface area contributed by atoms with Crippen molar-refractivity contribution in [3.63, 3.8) is 0 Å². The maximum atomic E-state index is 3.56. The first-order valence-corrected chi connectivity index (χ1v) is 7.45. The first kappa shape index (κ1) is 12.8. The van der Waals surface area contributed by atoms with Gasteiger partial charge in [0.05, 0.1) is 0 Å². The summed E-state index contributed by atoms with van der Waals surface area (Å²) >= 11 is 7.11. The average Bonchev–Trinajstić information content (AvgIpc) is 2.32. The fraction of sp³-hybridized carbons (Fsp3) is 0.200. The van der Waals surface area contributed by atoms with Gasteiger partial charge in [-0.05, 0) is 48.2 Å². The van der Waals surface area contributed by atoms with Gasteiger partial charge in [0.25, 0.3) is 0 Å². The number of aryl methyl sites for hydroxylation is 2. The summed E-state index contributed by atoms with van der Waals surface area (Å²) in [5.74, 6) is 0. The van der Waals surface area contributed by atoms with E-state index in [9.17, 15) is 0 Å². The molecule has 2 aromatic carbocycles. The van der Waals surface area contributed by atoms with Gasteiger partial charge in [-0.1, -0.05) is 61.7 Å². The van der Waals surface area contributed by atoms with Crippen LogP contribution >= 0.6 is 31.9 Å². The topological polar surface area (TPSA) is 0 Å². The summed E-state index contributed by atoms with van der Waals surface area (Å²) in [6.45, 7) is 4.29. The molecule has 0 bridgehead atoms. The molecule has 2 aromatic rings. The molecular weight excluding hydrogens is 340 g/mol. The predicted molar refractivity (Wildman–Crippen MR) is 81.7 cm³/mol. The molecule has 0 heterocycles. The van der Waals surface area contributed by atoms with Gasteiger partial charge in [-0.2, -0.15) is 0 Å². The van der Waals surface area contributed by atoms with Crippen molar-refractivity contribution in [2.24, 2.45) is 0 Å². The molecule has 0 nitrogen and oxygen atoms in total. The molecule has 2 rings (SSSR count). The van der Waals surface area contributed by atoms with Crippen LogP contribution in [-0.2, 0) is 5.33 Å². The summed E-state index contributed by atoms with van der Waals surface area (Å²) < 4.78 is 1.12. The molecule has 0 unspecified atom stereocenters. The van der Waals surface area contributed by atoms with Crippen LogP contribution in [0.2, 0.25) is 0 Å². The summed E-state index contributed by atoms with van der Waals surface area (Å²) in [4.78, 5) is 0. The minimum atomic E-state index is 0.878. The Morgan fingerprint density at radius 1 is 0.941 bits per heavy atom. The lowest BCUT2D eigenvalue weighted by Gasteiger charge is -2.12. The van der Waals surface area contributed by atoms with Crippen LogP contribution in [0.4, 0.5) is 0 Å². The highest BCUT2D eigenvalue weighted by Gasteiger charge is 2.08. The van der Waals surface area contributed by atoms with E-state index in [1.807, 2.05) is 0 Å². The molecule has 0 aromatic heterocycles. The molecule has 17 heavy (non-hydrogen) atoms. The van der Waals surface area contributed by atoms with E-state index in [1.165, 1.54) is 27.8 Å². The van der Waals surface area contributed by atoms with Crippen LogP contribution in [0.15, 0.2) is 40.9 Å². The molecule has 0 aliphatic carbocycles. The monoisotopic (exact) mass is 352 g/mol. The Hall–Kier alpha value is -0.600. The largest absolute Gasteiger partial charge is 0.0876 e. The molecule has 0 saturated heterocycles. The number of halogens is 2. The minimum Gasteiger partial charge on any atom is -0.0876 e. The van der Waals surface area contributed by atoms with E-state index in [1.54, 1.807) is 0 Å².